The van der Waals surface area contributed by atoms with E-state index in [1.54, 1.807) is 0 Å². The third-order valence-electron chi connectivity index (χ3n) is 3.01. The molecule has 1 N–H and O–H groups in total. The number of anilines is 1. The highest BCUT2D eigenvalue weighted by atomic mass is 14.9. The summed E-state index contributed by atoms with van der Waals surface area (Å²) in [6, 6.07) is 6.60. The predicted molar refractivity (Wildman–Crippen MR) is 57.2 cm³/mol. The van der Waals surface area contributed by atoms with Gasteiger partial charge in [-0.15, -0.1) is 0 Å². The van der Waals surface area contributed by atoms with Crippen LogP contribution in [-0.2, 0) is 0 Å². The summed E-state index contributed by atoms with van der Waals surface area (Å²) in [7, 11) is 0. The minimum atomic E-state index is 0.704. The van der Waals surface area contributed by atoms with E-state index in [2.05, 4.69) is 44.3 Å². The third kappa shape index (κ3) is 1.32. The van der Waals surface area contributed by atoms with Crippen molar-refractivity contribution in [3.05, 3.63) is 29.3 Å². The molecule has 1 aromatic carbocycles. The van der Waals surface area contributed by atoms with Gasteiger partial charge in [-0.2, -0.15) is 0 Å². The van der Waals surface area contributed by atoms with Crippen LogP contribution < -0.4 is 5.32 Å². The van der Waals surface area contributed by atoms with Gasteiger partial charge < -0.3 is 5.32 Å². The molecule has 0 saturated carbocycles. The van der Waals surface area contributed by atoms with Crippen LogP contribution in [0.5, 0.6) is 0 Å². The van der Waals surface area contributed by atoms with Gasteiger partial charge in [-0.3, -0.25) is 0 Å². The number of rotatable bonds is 1. The second-order valence-corrected chi connectivity index (χ2v) is 4.27. The molecule has 13 heavy (non-hydrogen) atoms. The summed E-state index contributed by atoms with van der Waals surface area (Å²) in [6.45, 7) is 7.87. The van der Waals surface area contributed by atoms with Crippen LogP contribution in [0.2, 0.25) is 0 Å². The molecule has 1 nitrogen and oxygen atoms in total. The van der Waals surface area contributed by atoms with Gasteiger partial charge in [-0.05, 0) is 24.0 Å². The van der Waals surface area contributed by atoms with E-state index in [1.165, 1.54) is 16.8 Å². The first-order chi connectivity index (χ1) is 6.20. The van der Waals surface area contributed by atoms with Gasteiger partial charge in [0.1, 0.15) is 0 Å². The van der Waals surface area contributed by atoms with Crippen LogP contribution in [0.15, 0.2) is 18.2 Å². The maximum atomic E-state index is 3.50. The van der Waals surface area contributed by atoms with Crippen LogP contribution >= 0.6 is 0 Å². The number of hydrogen-bond acceptors (Lipinski definition) is 1. The lowest BCUT2D eigenvalue weighted by Gasteiger charge is -2.13. The molecule has 1 atom stereocenters. The van der Waals surface area contributed by atoms with E-state index in [4.69, 9.17) is 0 Å². The van der Waals surface area contributed by atoms with Crippen LogP contribution in [0.1, 0.15) is 30.9 Å². The van der Waals surface area contributed by atoms with Crippen molar-refractivity contribution in [2.24, 2.45) is 5.92 Å². The van der Waals surface area contributed by atoms with E-state index in [9.17, 15) is 0 Å². The zero-order valence-electron chi connectivity index (χ0n) is 8.59. The van der Waals surface area contributed by atoms with Crippen molar-refractivity contribution in [3.63, 3.8) is 0 Å². The normalized spacial score (nSPS) is 20.2. The molecule has 0 aliphatic carbocycles. The van der Waals surface area contributed by atoms with Crippen LogP contribution in [0, 0.1) is 12.8 Å². The molecular weight excluding hydrogens is 158 g/mol. The molecular formula is C12H17N. The minimum absolute atomic E-state index is 0.704. The first kappa shape index (κ1) is 8.61. The quantitative estimate of drug-likeness (QED) is 0.691. The van der Waals surface area contributed by atoms with Gasteiger partial charge in [0.25, 0.3) is 0 Å². The Bertz CT molecular complexity index is 315. The summed E-state index contributed by atoms with van der Waals surface area (Å²) in [4.78, 5) is 0. The fourth-order valence-corrected chi connectivity index (χ4v) is 2.16. The molecule has 70 valence electrons. The molecule has 1 aliphatic heterocycles. The highest BCUT2D eigenvalue weighted by molar-refractivity contribution is 5.62. The zero-order valence-corrected chi connectivity index (χ0v) is 8.59. The Morgan fingerprint density at radius 1 is 1.38 bits per heavy atom. The Hall–Kier alpha value is -0.980. The Morgan fingerprint density at radius 3 is 2.85 bits per heavy atom. The molecule has 0 unspecified atom stereocenters. The highest BCUT2D eigenvalue weighted by Gasteiger charge is 2.25. The average molecular weight is 175 g/mol. The van der Waals surface area contributed by atoms with E-state index in [0.717, 1.165) is 12.5 Å². The summed E-state index contributed by atoms with van der Waals surface area (Å²) in [6.07, 6.45) is 0. The first-order valence-corrected chi connectivity index (χ1v) is 5.03. The number of fused-ring (bicyclic) bond motifs is 1. The molecule has 1 aliphatic rings. The monoisotopic (exact) mass is 175 g/mol. The van der Waals surface area contributed by atoms with Crippen molar-refractivity contribution in [1.29, 1.82) is 0 Å². The van der Waals surface area contributed by atoms with E-state index in [1.807, 2.05) is 0 Å². The van der Waals surface area contributed by atoms with Crippen molar-refractivity contribution < 1.29 is 0 Å². The summed E-state index contributed by atoms with van der Waals surface area (Å²) < 4.78 is 0. The number of benzene rings is 1. The lowest BCUT2D eigenvalue weighted by molar-refractivity contribution is 0.533. The van der Waals surface area contributed by atoms with Gasteiger partial charge in [0.05, 0.1) is 0 Å². The molecule has 0 radical (unpaired) electrons. The van der Waals surface area contributed by atoms with Crippen molar-refractivity contribution in [3.8, 4) is 0 Å². The lowest BCUT2D eigenvalue weighted by Crippen LogP contribution is -2.08. The summed E-state index contributed by atoms with van der Waals surface area (Å²) in [5.41, 5.74) is 4.26. The fourth-order valence-electron chi connectivity index (χ4n) is 2.16. The van der Waals surface area contributed by atoms with Crippen LogP contribution in [-0.4, -0.2) is 6.54 Å². The molecule has 0 fully saturated rings. The smallest absolute Gasteiger partial charge is 0.0406 e. The van der Waals surface area contributed by atoms with E-state index < -0.39 is 0 Å². The van der Waals surface area contributed by atoms with Crippen molar-refractivity contribution in [2.45, 2.75) is 26.7 Å². The third-order valence-corrected chi connectivity index (χ3v) is 3.01. The first-order valence-electron chi connectivity index (χ1n) is 5.03. The Kier molecular flexibility index (Phi) is 2.03. The van der Waals surface area contributed by atoms with Crippen LogP contribution in [0.4, 0.5) is 5.69 Å². The largest absolute Gasteiger partial charge is 0.384 e. The van der Waals surface area contributed by atoms with Gasteiger partial charge >= 0.3 is 0 Å². The van der Waals surface area contributed by atoms with E-state index in [-0.39, 0.29) is 0 Å². The summed E-state index contributed by atoms with van der Waals surface area (Å²) >= 11 is 0. The molecule has 1 heterocycles. The van der Waals surface area contributed by atoms with Gasteiger partial charge in [0.15, 0.2) is 0 Å². The second kappa shape index (κ2) is 3.06. The summed E-state index contributed by atoms with van der Waals surface area (Å²) in [5, 5.41) is 3.50. The van der Waals surface area contributed by atoms with Crippen molar-refractivity contribution in [2.75, 3.05) is 11.9 Å². The predicted octanol–water partition coefficient (Wildman–Crippen LogP) is 3.16. The molecule has 0 bridgehead atoms. The Balaban J connectivity index is 2.43. The molecule has 0 saturated heterocycles. The zero-order chi connectivity index (χ0) is 9.42. The van der Waals surface area contributed by atoms with Crippen LogP contribution in [0.3, 0.4) is 0 Å². The van der Waals surface area contributed by atoms with Gasteiger partial charge in [-0.25, -0.2) is 0 Å². The molecule has 0 spiro atoms. The molecule has 2 rings (SSSR count). The molecule has 0 aromatic heterocycles. The molecule has 0 amide bonds. The standard InChI is InChI=1S/C12H17N/c1-8(2)11-7-13-12-9(3)5-4-6-10(11)12/h4-6,8,11,13H,7H2,1-3H3/t11-/m0/s1. The van der Waals surface area contributed by atoms with E-state index in [0.29, 0.717) is 5.92 Å². The fraction of sp³-hybridized carbons (Fsp3) is 0.500. The summed E-state index contributed by atoms with van der Waals surface area (Å²) in [5.74, 6) is 1.44. The van der Waals surface area contributed by atoms with Crippen molar-refractivity contribution in [1.82, 2.24) is 0 Å². The minimum Gasteiger partial charge on any atom is -0.384 e. The second-order valence-electron chi connectivity index (χ2n) is 4.27. The highest BCUT2D eigenvalue weighted by Crippen LogP contribution is 2.37. The number of nitrogens with one attached hydrogen (secondary N) is 1. The SMILES string of the molecule is Cc1cccc2c1NC[C@H]2C(C)C. The number of hydrogen-bond donors (Lipinski definition) is 1. The van der Waals surface area contributed by atoms with Crippen molar-refractivity contribution >= 4 is 5.69 Å². The number of para-hydroxylation sites is 1. The van der Waals surface area contributed by atoms with Gasteiger partial charge in [0, 0.05) is 18.2 Å². The van der Waals surface area contributed by atoms with Gasteiger partial charge in [0.2, 0.25) is 0 Å². The Labute approximate surface area is 80.2 Å². The van der Waals surface area contributed by atoms with Crippen LogP contribution in [0.25, 0.3) is 0 Å². The lowest BCUT2D eigenvalue weighted by atomic mass is 9.90. The topological polar surface area (TPSA) is 12.0 Å². The van der Waals surface area contributed by atoms with Gasteiger partial charge in [-0.1, -0.05) is 32.0 Å². The average Bonchev–Trinajstić information content (AvgIpc) is 2.48. The maximum Gasteiger partial charge on any atom is 0.0406 e. The van der Waals surface area contributed by atoms with E-state index >= 15 is 0 Å². The molecule has 1 aromatic rings. The maximum absolute atomic E-state index is 3.50. The molecule has 1 heteroatoms. The number of aryl methyl sites for hydroxylation is 1. The Morgan fingerprint density at radius 2 is 2.15 bits per heavy atom.